The number of hydrogen-bond acceptors (Lipinski definition) is 3. The third-order valence-corrected chi connectivity index (χ3v) is 4.30. The van der Waals surface area contributed by atoms with Gasteiger partial charge in [0.1, 0.15) is 0 Å². The molecule has 1 N–H and O–H groups in total. The molecule has 116 valence electrons. The number of aryl methyl sites for hydroxylation is 1. The number of amides is 1. The summed E-state index contributed by atoms with van der Waals surface area (Å²) in [4.78, 5) is 19.5. The molecule has 1 unspecified atom stereocenters. The zero-order chi connectivity index (χ0) is 15.3. The third-order valence-electron chi connectivity index (χ3n) is 4.30. The van der Waals surface area contributed by atoms with E-state index >= 15 is 0 Å². The van der Waals surface area contributed by atoms with Crippen LogP contribution in [0.4, 0.5) is 0 Å². The van der Waals surface area contributed by atoms with Crippen molar-refractivity contribution in [2.24, 2.45) is 0 Å². The van der Waals surface area contributed by atoms with Gasteiger partial charge in [-0.2, -0.15) is 0 Å². The van der Waals surface area contributed by atoms with Crippen LogP contribution in [0.5, 0.6) is 0 Å². The molecule has 4 heteroatoms. The van der Waals surface area contributed by atoms with Gasteiger partial charge < -0.3 is 10.2 Å². The van der Waals surface area contributed by atoms with Crippen LogP contribution in [0.25, 0.3) is 0 Å². The SMILES string of the molecule is CCCC1(C(=O)N(CC)Cc2cccc(C)n2)CCCN1. The smallest absolute Gasteiger partial charge is 0.243 e. The fourth-order valence-corrected chi connectivity index (χ4v) is 3.25. The minimum atomic E-state index is -0.339. The Labute approximate surface area is 127 Å². The van der Waals surface area contributed by atoms with E-state index in [1.54, 1.807) is 0 Å². The number of pyridine rings is 1. The van der Waals surface area contributed by atoms with Crippen molar-refractivity contribution >= 4 is 5.91 Å². The van der Waals surface area contributed by atoms with E-state index in [0.717, 1.165) is 50.2 Å². The van der Waals surface area contributed by atoms with Crippen LogP contribution in [0.1, 0.15) is 50.9 Å². The van der Waals surface area contributed by atoms with Crippen LogP contribution in [0.3, 0.4) is 0 Å². The number of aromatic nitrogens is 1. The van der Waals surface area contributed by atoms with E-state index in [1.807, 2.05) is 36.9 Å². The number of carbonyl (C=O) groups is 1. The summed E-state index contributed by atoms with van der Waals surface area (Å²) in [6, 6.07) is 5.99. The van der Waals surface area contributed by atoms with E-state index in [1.165, 1.54) is 0 Å². The lowest BCUT2D eigenvalue weighted by atomic mass is 9.90. The van der Waals surface area contributed by atoms with Crippen LogP contribution in [0.15, 0.2) is 18.2 Å². The Bertz CT molecular complexity index is 481. The standard InChI is InChI=1S/C17H27N3O/c1-4-10-17(11-7-12-18-17)16(21)20(5-2)13-15-9-6-8-14(3)19-15/h6,8-9,18H,4-5,7,10-13H2,1-3H3. The van der Waals surface area contributed by atoms with Crippen molar-refractivity contribution in [3.8, 4) is 0 Å². The largest absolute Gasteiger partial charge is 0.335 e. The molecular formula is C17H27N3O. The molecule has 1 aromatic rings. The average Bonchev–Trinajstić information content (AvgIpc) is 2.94. The zero-order valence-electron chi connectivity index (χ0n) is 13.5. The Hall–Kier alpha value is -1.42. The van der Waals surface area contributed by atoms with Crippen LogP contribution in [-0.2, 0) is 11.3 Å². The number of likely N-dealkylation sites (N-methyl/N-ethyl adjacent to an activating group) is 1. The van der Waals surface area contributed by atoms with E-state index in [9.17, 15) is 4.79 Å². The molecule has 0 radical (unpaired) electrons. The quantitative estimate of drug-likeness (QED) is 0.875. The van der Waals surface area contributed by atoms with Crippen LogP contribution < -0.4 is 5.32 Å². The molecular weight excluding hydrogens is 262 g/mol. The Kier molecular flexibility index (Phi) is 5.34. The van der Waals surface area contributed by atoms with E-state index in [2.05, 4.69) is 17.2 Å². The summed E-state index contributed by atoms with van der Waals surface area (Å²) in [5.74, 6) is 0.243. The number of rotatable bonds is 6. The van der Waals surface area contributed by atoms with Gasteiger partial charge in [0.05, 0.1) is 17.8 Å². The maximum atomic E-state index is 13.0. The van der Waals surface area contributed by atoms with Crippen molar-refractivity contribution in [1.82, 2.24) is 15.2 Å². The molecule has 1 saturated heterocycles. The first-order valence-electron chi connectivity index (χ1n) is 8.08. The molecule has 0 aromatic carbocycles. The Morgan fingerprint density at radius 1 is 1.43 bits per heavy atom. The summed E-state index contributed by atoms with van der Waals surface area (Å²) in [5, 5.41) is 3.47. The zero-order valence-corrected chi connectivity index (χ0v) is 13.5. The van der Waals surface area contributed by atoms with Crippen LogP contribution in [-0.4, -0.2) is 34.4 Å². The summed E-state index contributed by atoms with van der Waals surface area (Å²) in [7, 11) is 0. The monoisotopic (exact) mass is 289 g/mol. The third kappa shape index (κ3) is 3.62. The Balaban J connectivity index is 2.14. The van der Waals surface area contributed by atoms with Gasteiger partial charge in [-0.25, -0.2) is 0 Å². The van der Waals surface area contributed by atoms with Gasteiger partial charge >= 0.3 is 0 Å². The Morgan fingerprint density at radius 3 is 2.81 bits per heavy atom. The van der Waals surface area contributed by atoms with Gasteiger partial charge in [0.2, 0.25) is 5.91 Å². The molecule has 0 spiro atoms. The lowest BCUT2D eigenvalue weighted by molar-refractivity contribution is -0.138. The van der Waals surface area contributed by atoms with Gasteiger partial charge in [0.15, 0.2) is 0 Å². The second-order valence-electron chi connectivity index (χ2n) is 5.95. The van der Waals surface area contributed by atoms with E-state index in [4.69, 9.17) is 0 Å². The average molecular weight is 289 g/mol. The first-order valence-corrected chi connectivity index (χ1v) is 8.08. The van der Waals surface area contributed by atoms with Gasteiger partial charge in [0.25, 0.3) is 0 Å². The molecule has 1 fully saturated rings. The fraction of sp³-hybridized carbons (Fsp3) is 0.647. The summed E-state index contributed by atoms with van der Waals surface area (Å²) in [6.07, 6.45) is 3.99. The first-order chi connectivity index (χ1) is 10.1. The van der Waals surface area contributed by atoms with E-state index < -0.39 is 0 Å². The molecule has 1 aliphatic heterocycles. The van der Waals surface area contributed by atoms with Crippen molar-refractivity contribution in [3.05, 3.63) is 29.6 Å². The van der Waals surface area contributed by atoms with Crippen molar-refractivity contribution in [2.75, 3.05) is 13.1 Å². The van der Waals surface area contributed by atoms with Gasteiger partial charge in [-0.15, -0.1) is 0 Å². The maximum Gasteiger partial charge on any atom is 0.243 e. The minimum absolute atomic E-state index is 0.243. The highest BCUT2D eigenvalue weighted by molar-refractivity contribution is 5.86. The predicted molar refractivity (Wildman–Crippen MR) is 84.9 cm³/mol. The van der Waals surface area contributed by atoms with Gasteiger partial charge in [-0.1, -0.05) is 19.4 Å². The van der Waals surface area contributed by atoms with Crippen LogP contribution in [0.2, 0.25) is 0 Å². The fourth-order valence-electron chi connectivity index (χ4n) is 3.25. The molecule has 2 rings (SSSR count). The molecule has 1 atom stereocenters. The molecule has 1 aliphatic rings. The summed E-state index contributed by atoms with van der Waals surface area (Å²) >= 11 is 0. The normalized spacial score (nSPS) is 21.5. The summed E-state index contributed by atoms with van der Waals surface area (Å²) < 4.78 is 0. The molecule has 2 heterocycles. The van der Waals surface area contributed by atoms with E-state index in [0.29, 0.717) is 6.54 Å². The lowest BCUT2D eigenvalue weighted by Gasteiger charge is -2.34. The summed E-state index contributed by atoms with van der Waals surface area (Å²) in [6.45, 7) is 8.45. The number of nitrogens with one attached hydrogen (secondary N) is 1. The molecule has 0 saturated carbocycles. The van der Waals surface area contributed by atoms with Gasteiger partial charge in [-0.3, -0.25) is 9.78 Å². The molecule has 1 amide bonds. The number of nitrogens with zero attached hydrogens (tertiary/aromatic N) is 2. The van der Waals surface area contributed by atoms with Crippen molar-refractivity contribution in [2.45, 2.75) is 58.5 Å². The van der Waals surface area contributed by atoms with Crippen molar-refractivity contribution in [3.63, 3.8) is 0 Å². The molecule has 4 nitrogen and oxygen atoms in total. The topological polar surface area (TPSA) is 45.2 Å². The highest BCUT2D eigenvalue weighted by Crippen LogP contribution is 2.27. The minimum Gasteiger partial charge on any atom is -0.335 e. The van der Waals surface area contributed by atoms with Crippen molar-refractivity contribution < 1.29 is 4.79 Å². The Morgan fingerprint density at radius 2 is 2.24 bits per heavy atom. The predicted octanol–water partition coefficient (Wildman–Crippen LogP) is 2.66. The maximum absolute atomic E-state index is 13.0. The summed E-state index contributed by atoms with van der Waals surface area (Å²) in [5.41, 5.74) is 1.63. The lowest BCUT2D eigenvalue weighted by Crippen LogP contribution is -2.54. The molecule has 0 bridgehead atoms. The van der Waals surface area contributed by atoms with Crippen LogP contribution in [0, 0.1) is 6.92 Å². The van der Waals surface area contributed by atoms with E-state index in [-0.39, 0.29) is 11.4 Å². The van der Waals surface area contributed by atoms with Crippen molar-refractivity contribution in [1.29, 1.82) is 0 Å². The van der Waals surface area contributed by atoms with Crippen LogP contribution >= 0.6 is 0 Å². The molecule has 21 heavy (non-hydrogen) atoms. The second-order valence-corrected chi connectivity index (χ2v) is 5.95. The molecule has 0 aliphatic carbocycles. The molecule has 1 aromatic heterocycles. The second kappa shape index (κ2) is 7.03. The number of hydrogen-bond donors (Lipinski definition) is 1. The number of carbonyl (C=O) groups excluding carboxylic acids is 1. The van der Waals surface area contributed by atoms with Gasteiger partial charge in [0, 0.05) is 12.2 Å². The van der Waals surface area contributed by atoms with Gasteiger partial charge in [-0.05, 0) is 51.8 Å². The first kappa shape index (κ1) is 16.0. The highest BCUT2D eigenvalue weighted by Gasteiger charge is 2.42. The highest BCUT2D eigenvalue weighted by atomic mass is 16.2.